The third-order valence-electron chi connectivity index (χ3n) is 1.81. The average Bonchev–Trinajstić information content (AvgIpc) is 2.85. The molecule has 0 aromatic carbocycles. The Kier molecular flexibility index (Phi) is 3.81. The van der Waals surface area contributed by atoms with Gasteiger partial charge in [0.15, 0.2) is 0 Å². The van der Waals surface area contributed by atoms with Crippen LogP contribution in [0.2, 0.25) is 0 Å². The molecule has 0 aliphatic heterocycles. The van der Waals surface area contributed by atoms with Gasteiger partial charge in [0.2, 0.25) is 5.13 Å². The summed E-state index contributed by atoms with van der Waals surface area (Å²) in [5.41, 5.74) is 1.00. The van der Waals surface area contributed by atoms with Crippen molar-refractivity contribution in [3.05, 3.63) is 21.1 Å². The second-order valence-electron chi connectivity index (χ2n) is 3.15. The molecule has 2 heterocycles. The van der Waals surface area contributed by atoms with Gasteiger partial charge >= 0.3 is 0 Å². The van der Waals surface area contributed by atoms with E-state index in [2.05, 4.69) is 20.5 Å². The molecule has 1 N–H and O–H groups in total. The molecule has 0 atom stereocenters. The molecule has 7 heteroatoms. The van der Waals surface area contributed by atoms with Gasteiger partial charge in [-0.2, -0.15) is 0 Å². The lowest BCUT2D eigenvalue weighted by atomic mass is 10.5. The molecule has 86 valence electrons. The Morgan fingerprint density at radius 3 is 3.00 bits per heavy atom. The maximum atomic E-state index is 5.01. The summed E-state index contributed by atoms with van der Waals surface area (Å²) in [6.07, 6.45) is 0. The fraction of sp³-hybridized carbons (Fsp3) is 0.444. The van der Waals surface area contributed by atoms with Crippen LogP contribution in [-0.2, 0) is 17.9 Å². The summed E-state index contributed by atoms with van der Waals surface area (Å²) >= 11 is 3.15. The van der Waals surface area contributed by atoms with E-state index in [4.69, 9.17) is 4.74 Å². The fourth-order valence-corrected chi connectivity index (χ4v) is 2.51. The van der Waals surface area contributed by atoms with Crippen LogP contribution >= 0.6 is 22.7 Å². The first kappa shape index (κ1) is 11.4. The molecule has 2 aromatic rings. The minimum absolute atomic E-state index is 0.572. The lowest BCUT2D eigenvalue weighted by Gasteiger charge is -1.97. The second-order valence-corrected chi connectivity index (χ2v) is 5.27. The molecule has 0 aliphatic carbocycles. The zero-order valence-corrected chi connectivity index (χ0v) is 10.7. The molecule has 0 fully saturated rings. The largest absolute Gasteiger partial charge is 0.378 e. The maximum absolute atomic E-state index is 5.01. The molecular formula is C9H12N4OS2. The Hall–Kier alpha value is -1.05. The number of hydrogen-bond donors (Lipinski definition) is 1. The molecule has 0 bridgehead atoms. The molecule has 0 unspecified atom stereocenters. The van der Waals surface area contributed by atoms with Crippen LogP contribution in [-0.4, -0.2) is 22.3 Å². The van der Waals surface area contributed by atoms with Gasteiger partial charge in [0.05, 0.1) is 18.8 Å². The van der Waals surface area contributed by atoms with Crippen molar-refractivity contribution in [3.8, 4) is 0 Å². The van der Waals surface area contributed by atoms with Crippen LogP contribution in [0.5, 0.6) is 0 Å². The van der Waals surface area contributed by atoms with E-state index in [1.54, 1.807) is 29.8 Å². The average molecular weight is 256 g/mol. The molecule has 0 saturated carbocycles. The molecule has 0 radical (unpaired) electrons. The molecule has 0 saturated heterocycles. The summed E-state index contributed by atoms with van der Waals surface area (Å²) in [5, 5.41) is 15.9. The van der Waals surface area contributed by atoms with Gasteiger partial charge < -0.3 is 10.1 Å². The van der Waals surface area contributed by atoms with Crippen molar-refractivity contribution in [2.24, 2.45) is 0 Å². The normalized spacial score (nSPS) is 10.6. The Bertz CT molecular complexity index is 454. The fourth-order valence-electron chi connectivity index (χ4n) is 1.15. The lowest BCUT2D eigenvalue weighted by molar-refractivity contribution is 0.184. The Labute approximate surface area is 102 Å². The Morgan fingerprint density at radius 2 is 2.31 bits per heavy atom. The first-order chi connectivity index (χ1) is 7.78. The predicted octanol–water partition coefficient (Wildman–Crippen LogP) is 2.06. The molecule has 0 aliphatic rings. The molecule has 5 nitrogen and oxygen atoms in total. The minimum atomic E-state index is 0.572. The minimum Gasteiger partial charge on any atom is -0.378 e. The number of thiazole rings is 1. The standard InChI is InChI=1S/C9H12N4OS2/c1-6-12-13-9(16-6)10-3-7-5-15-8(11-7)4-14-2/h5H,3-4H2,1-2H3,(H,10,13). The van der Waals surface area contributed by atoms with Gasteiger partial charge in [-0.3, -0.25) is 0 Å². The summed E-state index contributed by atoms with van der Waals surface area (Å²) in [7, 11) is 1.67. The number of ether oxygens (including phenoxy) is 1. The van der Waals surface area contributed by atoms with Crippen molar-refractivity contribution in [1.82, 2.24) is 15.2 Å². The number of aromatic nitrogens is 3. The quantitative estimate of drug-likeness (QED) is 0.887. The van der Waals surface area contributed by atoms with Crippen LogP contribution in [0, 0.1) is 6.92 Å². The van der Waals surface area contributed by atoms with Gasteiger partial charge in [-0.05, 0) is 6.92 Å². The topological polar surface area (TPSA) is 59.9 Å². The van der Waals surface area contributed by atoms with Crippen LogP contribution in [0.3, 0.4) is 0 Å². The highest BCUT2D eigenvalue weighted by Gasteiger charge is 2.03. The van der Waals surface area contributed by atoms with Crippen molar-refractivity contribution in [1.29, 1.82) is 0 Å². The van der Waals surface area contributed by atoms with Gasteiger partial charge in [-0.15, -0.1) is 21.5 Å². The van der Waals surface area contributed by atoms with Gasteiger partial charge in [0.1, 0.15) is 10.0 Å². The number of hydrogen-bond acceptors (Lipinski definition) is 7. The Morgan fingerprint density at radius 1 is 1.44 bits per heavy atom. The summed E-state index contributed by atoms with van der Waals surface area (Å²) < 4.78 is 5.01. The molecular weight excluding hydrogens is 244 g/mol. The van der Waals surface area contributed by atoms with E-state index in [9.17, 15) is 0 Å². The summed E-state index contributed by atoms with van der Waals surface area (Å²) in [4.78, 5) is 4.41. The molecule has 0 amide bonds. The number of methoxy groups -OCH3 is 1. The van der Waals surface area contributed by atoms with E-state index in [1.165, 1.54) is 0 Å². The van der Waals surface area contributed by atoms with Crippen molar-refractivity contribution < 1.29 is 4.74 Å². The first-order valence-electron chi connectivity index (χ1n) is 4.74. The number of aryl methyl sites for hydroxylation is 1. The van der Waals surface area contributed by atoms with E-state index < -0.39 is 0 Å². The SMILES string of the molecule is COCc1nc(CNc2nnc(C)s2)cs1. The summed E-state index contributed by atoms with van der Waals surface area (Å²) in [6, 6.07) is 0. The maximum Gasteiger partial charge on any atom is 0.205 e. The van der Waals surface area contributed by atoms with Crippen molar-refractivity contribution in [3.63, 3.8) is 0 Å². The first-order valence-corrected chi connectivity index (χ1v) is 6.43. The highest BCUT2D eigenvalue weighted by atomic mass is 32.1. The van der Waals surface area contributed by atoms with E-state index in [0.29, 0.717) is 13.2 Å². The third kappa shape index (κ3) is 2.97. The van der Waals surface area contributed by atoms with E-state index in [0.717, 1.165) is 20.8 Å². The number of nitrogens with zero attached hydrogens (tertiary/aromatic N) is 3. The predicted molar refractivity (Wildman–Crippen MR) is 64.8 cm³/mol. The highest BCUT2D eigenvalue weighted by Crippen LogP contribution is 2.16. The van der Waals surface area contributed by atoms with Crippen LogP contribution in [0.15, 0.2) is 5.38 Å². The van der Waals surface area contributed by atoms with Crippen LogP contribution < -0.4 is 5.32 Å². The molecule has 16 heavy (non-hydrogen) atoms. The van der Waals surface area contributed by atoms with Crippen molar-refractivity contribution in [2.45, 2.75) is 20.1 Å². The van der Waals surface area contributed by atoms with Crippen molar-refractivity contribution >= 4 is 27.8 Å². The molecule has 2 aromatic heterocycles. The molecule has 2 rings (SSSR count). The van der Waals surface area contributed by atoms with E-state index in [-0.39, 0.29) is 0 Å². The van der Waals surface area contributed by atoms with Gasteiger partial charge in [0, 0.05) is 12.5 Å². The number of anilines is 1. The monoisotopic (exact) mass is 256 g/mol. The van der Waals surface area contributed by atoms with Gasteiger partial charge in [-0.25, -0.2) is 4.98 Å². The lowest BCUT2D eigenvalue weighted by Crippen LogP contribution is -1.99. The number of nitrogens with one attached hydrogen (secondary N) is 1. The van der Waals surface area contributed by atoms with E-state index in [1.807, 2.05) is 12.3 Å². The smallest absolute Gasteiger partial charge is 0.205 e. The van der Waals surface area contributed by atoms with Crippen LogP contribution in [0.1, 0.15) is 15.7 Å². The summed E-state index contributed by atoms with van der Waals surface area (Å²) in [6.45, 7) is 3.18. The third-order valence-corrected chi connectivity index (χ3v) is 3.48. The summed E-state index contributed by atoms with van der Waals surface area (Å²) in [5.74, 6) is 0. The second kappa shape index (κ2) is 5.33. The zero-order chi connectivity index (χ0) is 11.4. The van der Waals surface area contributed by atoms with Gasteiger partial charge in [-0.1, -0.05) is 11.3 Å². The van der Waals surface area contributed by atoms with E-state index >= 15 is 0 Å². The van der Waals surface area contributed by atoms with Crippen LogP contribution in [0.25, 0.3) is 0 Å². The van der Waals surface area contributed by atoms with Crippen molar-refractivity contribution in [2.75, 3.05) is 12.4 Å². The zero-order valence-electron chi connectivity index (χ0n) is 9.06. The molecule has 0 spiro atoms. The van der Waals surface area contributed by atoms with Crippen LogP contribution in [0.4, 0.5) is 5.13 Å². The number of rotatable bonds is 5. The Balaban J connectivity index is 1.89. The highest BCUT2D eigenvalue weighted by molar-refractivity contribution is 7.15. The van der Waals surface area contributed by atoms with Gasteiger partial charge in [0.25, 0.3) is 0 Å².